The third-order valence-corrected chi connectivity index (χ3v) is 6.39. The fourth-order valence-corrected chi connectivity index (χ4v) is 4.63. The van der Waals surface area contributed by atoms with Crippen LogP contribution in [-0.2, 0) is 0 Å². The molecule has 3 heterocycles. The maximum absolute atomic E-state index is 11.5. The SMILES string of the molecule is C=C1C(c2cc(-c3ccccc3)no2)C(I)CCN1c1nc(C)ccc1[N+](=O)[O-]. The average molecular weight is 502 g/mol. The zero-order valence-electron chi connectivity index (χ0n) is 15.8. The molecular formula is C21H19IN4O3. The number of nitro groups is 1. The molecule has 1 fully saturated rings. The molecule has 0 spiro atoms. The van der Waals surface area contributed by atoms with Gasteiger partial charge in [0.05, 0.1) is 10.8 Å². The minimum absolute atomic E-state index is 0.0232. The number of allylic oxidation sites excluding steroid dienone is 1. The number of piperidine rings is 1. The first-order valence-electron chi connectivity index (χ1n) is 9.20. The Morgan fingerprint density at radius 1 is 1.28 bits per heavy atom. The van der Waals surface area contributed by atoms with Gasteiger partial charge < -0.3 is 9.42 Å². The van der Waals surface area contributed by atoms with E-state index in [2.05, 4.69) is 39.3 Å². The van der Waals surface area contributed by atoms with Gasteiger partial charge in [-0.2, -0.15) is 0 Å². The molecule has 1 saturated heterocycles. The molecule has 0 bridgehead atoms. The highest BCUT2D eigenvalue weighted by molar-refractivity contribution is 14.1. The van der Waals surface area contributed by atoms with Gasteiger partial charge in [-0.15, -0.1) is 0 Å². The zero-order chi connectivity index (χ0) is 20.5. The maximum Gasteiger partial charge on any atom is 0.311 e. The third kappa shape index (κ3) is 3.76. The molecule has 0 amide bonds. The van der Waals surface area contributed by atoms with Gasteiger partial charge in [0, 0.05) is 39.6 Å². The van der Waals surface area contributed by atoms with Crippen LogP contribution in [0.25, 0.3) is 11.3 Å². The minimum Gasteiger partial charge on any atom is -0.360 e. The number of rotatable bonds is 4. The van der Waals surface area contributed by atoms with Gasteiger partial charge in [-0.3, -0.25) is 10.1 Å². The van der Waals surface area contributed by atoms with E-state index >= 15 is 0 Å². The lowest BCUT2D eigenvalue weighted by atomic mass is 9.91. The first kappa shape index (κ1) is 19.6. The van der Waals surface area contributed by atoms with Crippen molar-refractivity contribution in [2.24, 2.45) is 0 Å². The highest BCUT2D eigenvalue weighted by Gasteiger charge is 2.38. The number of aryl methyl sites for hydroxylation is 1. The molecular weight excluding hydrogens is 483 g/mol. The van der Waals surface area contributed by atoms with Crippen LogP contribution in [0.4, 0.5) is 11.5 Å². The topological polar surface area (TPSA) is 85.3 Å². The van der Waals surface area contributed by atoms with E-state index in [4.69, 9.17) is 4.52 Å². The summed E-state index contributed by atoms with van der Waals surface area (Å²) < 4.78 is 5.92. The number of hydrogen-bond donors (Lipinski definition) is 0. The fraction of sp³-hybridized carbons (Fsp3) is 0.238. The monoisotopic (exact) mass is 502 g/mol. The standard InChI is InChI=1S/C21H19IN4O3/c1-13-8-9-18(26(27)28)21(23-13)25-11-10-16(22)20(14(25)2)19-12-17(24-29-19)15-6-4-3-5-7-15/h3-9,12,16,20H,2,10-11H2,1H3. The third-order valence-electron chi connectivity index (χ3n) is 5.05. The van der Waals surface area contributed by atoms with E-state index < -0.39 is 4.92 Å². The lowest BCUT2D eigenvalue weighted by Gasteiger charge is -2.37. The highest BCUT2D eigenvalue weighted by Crippen LogP contribution is 2.43. The van der Waals surface area contributed by atoms with E-state index in [-0.39, 0.29) is 15.5 Å². The van der Waals surface area contributed by atoms with Crippen molar-refractivity contribution in [3.63, 3.8) is 0 Å². The second-order valence-corrected chi connectivity index (χ2v) is 8.56. The smallest absolute Gasteiger partial charge is 0.311 e. The van der Waals surface area contributed by atoms with Gasteiger partial charge in [-0.25, -0.2) is 4.98 Å². The van der Waals surface area contributed by atoms with Crippen molar-refractivity contribution in [1.29, 1.82) is 0 Å². The molecule has 2 unspecified atom stereocenters. The number of aromatic nitrogens is 2. The predicted octanol–water partition coefficient (Wildman–Crippen LogP) is 5.26. The first-order chi connectivity index (χ1) is 14.0. The fourth-order valence-electron chi connectivity index (χ4n) is 3.58. The van der Waals surface area contributed by atoms with E-state index in [1.807, 2.05) is 48.2 Å². The van der Waals surface area contributed by atoms with Crippen LogP contribution < -0.4 is 4.90 Å². The Morgan fingerprint density at radius 2 is 2.03 bits per heavy atom. The number of pyridine rings is 1. The number of halogens is 1. The number of anilines is 1. The molecule has 1 aliphatic rings. The first-order valence-corrected chi connectivity index (χ1v) is 10.4. The molecule has 1 aromatic carbocycles. The Bertz CT molecular complexity index is 1070. The average Bonchev–Trinajstić information content (AvgIpc) is 3.18. The van der Waals surface area contributed by atoms with Crippen LogP contribution in [0.2, 0.25) is 0 Å². The molecule has 2 atom stereocenters. The van der Waals surface area contributed by atoms with Crippen LogP contribution >= 0.6 is 22.6 Å². The zero-order valence-corrected chi connectivity index (χ0v) is 17.9. The largest absolute Gasteiger partial charge is 0.360 e. The van der Waals surface area contributed by atoms with Crippen molar-refractivity contribution in [3.8, 4) is 11.3 Å². The summed E-state index contributed by atoms with van der Waals surface area (Å²) in [7, 11) is 0. The van der Waals surface area contributed by atoms with Gasteiger partial charge in [0.15, 0.2) is 0 Å². The van der Waals surface area contributed by atoms with Gasteiger partial charge in [-0.05, 0) is 19.4 Å². The Morgan fingerprint density at radius 3 is 2.76 bits per heavy atom. The van der Waals surface area contributed by atoms with Crippen LogP contribution in [0, 0.1) is 17.0 Å². The van der Waals surface area contributed by atoms with Crippen LogP contribution in [0.1, 0.15) is 23.8 Å². The predicted molar refractivity (Wildman–Crippen MR) is 119 cm³/mol. The Balaban J connectivity index is 1.70. The summed E-state index contributed by atoms with van der Waals surface area (Å²) in [6.45, 7) is 6.69. The van der Waals surface area contributed by atoms with Gasteiger partial charge in [0.25, 0.3) is 0 Å². The maximum atomic E-state index is 11.5. The van der Waals surface area contributed by atoms with Crippen molar-refractivity contribution in [1.82, 2.24) is 10.1 Å². The van der Waals surface area contributed by atoms with Crippen molar-refractivity contribution in [2.75, 3.05) is 11.4 Å². The summed E-state index contributed by atoms with van der Waals surface area (Å²) >= 11 is 2.39. The molecule has 1 aliphatic heterocycles. The van der Waals surface area contributed by atoms with E-state index in [9.17, 15) is 10.1 Å². The summed E-state index contributed by atoms with van der Waals surface area (Å²) in [6.07, 6.45) is 0.818. The molecule has 148 valence electrons. The summed E-state index contributed by atoms with van der Waals surface area (Å²) in [6, 6.07) is 14.9. The molecule has 4 rings (SSSR count). The Labute approximate surface area is 181 Å². The van der Waals surface area contributed by atoms with Crippen LogP contribution in [0.15, 0.2) is 65.3 Å². The van der Waals surface area contributed by atoms with E-state index in [0.29, 0.717) is 18.1 Å². The second kappa shape index (κ2) is 7.94. The number of benzene rings is 1. The molecule has 0 N–H and O–H groups in total. The second-order valence-electron chi connectivity index (χ2n) is 6.96. The van der Waals surface area contributed by atoms with E-state index in [1.165, 1.54) is 6.07 Å². The van der Waals surface area contributed by atoms with Gasteiger partial charge in [0.2, 0.25) is 5.82 Å². The quantitative estimate of drug-likeness (QED) is 0.209. The number of hydrogen-bond acceptors (Lipinski definition) is 6. The van der Waals surface area contributed by atoms with Crippen LogP contribution in [0.5, 0.6) is 0 Å². The normalized spacial score (nSPS) is 19.4. The molecule has 0 radical (unpaired) electrons. The summed E-state index contributed by atoms with van der Waals surface area (Å²) in [4.78, 5) is 17.4. The van der Waals surface area contributed by atoms with E-state index in [0.717, 1.165) is 29.1 Å². The minimum atomic E-state index is -0.401. The van der Waals surface area contributed by atoms with Crippen molar-refractivity contribution >= 4 is 34.1 Å². The highest BCUT2D eigenvalue weighted by atomic mass is 127. The molecule has 7 nitrogen and oxygen atoms in total. The summed E-state index contributed by atoms with van der Waals surface area (Å²) in [5.41, 5.74) is 3.16. The molecule has 8 heteroatoms. The van der Waals surface area contributed by atoms with Crippen molar-refractivity contribution in [3.05, 3.63) is 82.4 Å². The number of nitrogens with zero attached hydrogens (tertiary/aromatic N) is 4. The Hall–Kier alpha value is -2.75. The Kier molecular flexibility index (Phi) is 5.35. The van der Waals surface area contributed by atoms with Crippen LogP contribution in [-0.4, -0.2) is 25.5 Å². The number of alkyl halides is 1. The lowest BCUT2D eigenvalue weighted by Crippen LogP contribution is -2.38. The molecule has 0 saturated carbocycles. The van der Waals surface area contributed by atoms with Gasteiger partial charge in [0.1, 0.15) is 11.5 Å². The molecule has 29 heavy (non-hydrogen) atoms. The van der Waals surface area contributed by atoms with Gasteiger partial charge in [-0.1, -0.05) is 64.7 Å². The molecule has 2 aromatic heterocycles. The van der Waals surface area contributed by atoms with Crippen LogP contribution in [0.3, 0.4) is 0 Å². The van der Waals surface area contributed by atoms with E-state index in [1.54, 1.807) is 6.07 Å². The van der Waals surface area contributed by atoms with Gasteiger partial charge >= 0.3 is 5.69 Å². The molecule has 0 aliphatic carbocycles. The lowest BCUT2D eigenvalue weighted by molar-refractivity contribution is -0.384. The summed E-state index contributed by atoms with van der Waals surface area (Å²) in [5, 5.41) is 15.8. The van der Waals surface area contributed by atoms with Crippen molar-refractivity contribution < 1.29 is 9.45 Å². The van der Waals surface area contributed by atoms with Crippen molar-refractivity contribution in [2.45, 2.75) is 23.2 Å². The summed E-state index contributed by atoms with van der Waals surface area (Å²) in [5.74, 6) is 0.889. The molecule has 3 aromatic rings.